The van der Waals surface area contributed by atoms with E-state index in [1.807, 2.05) is 13.8 Å². The van der Waals surface area contributed by atoms with E-state index in [9.17, 15) is 8.42 Å². The number of rotatable bonds is 5. The molecule has 6 nitrogen and oxygen atoms in total. The van der Waals surface area contributed by atoms with Crippen LogP contribution in [0.4, 0.5) is 0 Å². The van der Waals surface area contributed by atoms with Crippen LogP contribution in [0.3, 0.4) is 0 Å². The molecule has 0 aliphatic carbocycles. The zero-order valence-electron chi connectivity index (χ0n) is 11.9. The number of hydrogen-bond acceptors (Lipinski definition) is 5. The minimum atomic E-state index is -3.65. The van der Waals surface area contributed by atoms with Gasteiger partial charge in [0.2, 0.25) is 10.0 Å². The van der Waals surface area contributed by atoms with Crippen LogP contribution >= 0.6 is 0 Å². The van der Waals surface area contributed by atoms with Gasteiger partial charge in [-0.1, -0.05) is 12.1 Å². The van der Waals surface area contributed by atoms with Crippen molar-refractivity contribution in [3.8, 4) is 0 Å². The Morgan fingerprint density at radius 3 is 2.29 bits per heavy atom. The molecule has 0 bridgehead atoms. The number of nitrogens with zero attached hydrogens (tertiary/aromatic N) is 2. The summed E-state index contributed by atoms with van der Waals surface area (Å²) in [4.78, 5) is 8.40. The summed E-state index contributed by atoms with van der Waals surface area (Å²) in [6, 6.07) is 6.59. The maximum absolute atomic E-state index is 11.2. The number of benzene rings is 1. The second-order valence-electron chi connectivity index (χ2n) is 4.85. The molecule has 1 aromatic heterocycles. The number of nitrogens with two attached hydrogens (primary N) is 1. The zero-order chi connectivity index (χ0) is 15.5. The first kappa shape index (κ1) is 15.6. The third kappa shape index (κ3) is 4.07. The highest BCUT2D eigenvalue weighted by Crippen LogP contribution is 2.19. The molecular formula is C14H18N4O2S. The van der Waals surface area contributed by atoms with Crippen LogP contribution in [-0.2, 0) is 10.0 Å². The van der Waals surface area contributed by atoms with Gasteiger partial charge in [-0.15, -0.1) is 0 Å². The van der Waals surface area contributed by atoms with Crippen molar-refractivity contribution in [1.29, 1.82) is 0 Å². The van der Waals surface area contributed by atoms with Gasteiger partial charge in [-0.2, -0.15) is 0 Å². The van der Waals surface area contributed by atoms with E-state index in [2.05, 4.69) is 15.3 Å². The van der Waals surface area contributed by atoms with Gasteiger partial charge in [0, 0.05) is 30.7 Å². The number of nitrogens with one attached hydrogen (secondary N) is 1. The van der Waals surface area contributed by atoms with E-state index in [0.29, 0.717) is 0 Å². The number of sulfonamides is 1. The van der Waals surface area contributed by atoms with Crippen molar-refractivity contribution in [2.75, 3.05) is 0 Å². The molecule has 0 fully saturated rings. The number of hydrogen-bond donors (Lipinski definition) is 2. The largest absolute Gasteiger partial charge is 0.302 e. The van der Waals surface area contributed by atoms with Crippen LogP contribution in [0.15, 0.2) is 47.8 Å². The Balaban J connectivity index is 2.08. The molecular weight excluding hydrogens is 288 g/mol. The van der Waals surface area contributed by atoms with Gasteiger partial charge in [-0.05, 0) is 31.5 Å². The van der Waals surface area contributed by atoms with E-state index >= 15 is 0 Å². The Labute approximate surface area is 124 Å². The normalized spacial score (nSPS) is 14.6. The van der Waals surface area contributed by atoms with Gasteiger partial charge in [0.1, 0.15) is 0 Å². The Morgan fingerprint density at radius 1 is 1.10 bits per heavy atom. The minimum Gasteiger partial charge on any atom is -0.302 e. The van der Waals surface area contributed by atoms with Gasteiger partial charge in [-0.3, -0.25) is 9.97 Å². The SMILES string of the molecule is CC(NC(C)c1cnccn1)c1ccc(S(N)(=O)=O)cc1. The molecule has 0 spiro atoms. The Hall–Kier alpha value is -1.83. The van der Waals surface area contributed by atoms with Crippen LogP contribution in [0, 0.1) is 0 Å². The van der Waals surface area contributed by atoms with E-state index in [1.165, 1.54) is 12.1 Å². The van der Waals surface area contributed by atoms with Crippen molar-refractivity contribution in [2.24, 2.45) is 5.14 Å². The fourth-order valence-electron chi connectivity index (χ4n) is 2.04. The molecule has 1 heterocycles. The van der Waals surface area contributed by atoms with E-state index in [1.54, 1.807) is 30.7 Å². The third-order valence-corrected chi connectivity index (χ3v) is 4.16. The predicted molar refractivity (Wildman–Crippen MR) is 79.8 cm³/mol. The average molecular weight is 306 g/mol. The molecule has 3 N–H and O–H groups in total. The zero-order valence-corrected chi connectivity index (χ0v) is 12.7. The van der Waals surface area contributed by atoms with Gasteiger partial charge in [0.15, 0.2) is 0 Å². The third-order valence-electron chi connectivity index (χ3n) is 3.24. The van der Waals surface area contributed by atoms with Gasteiger partial charge < -0.3 is 5.32 Å². The molecule has 0 aliphatic rings. The Bertz CT molecular complexity index is 687. The molecule has 7 heteroatoms. The highest BCUT2D eigenvalue weighted by molar-refractivity contribution is 7.89. The summed E-state index contributed by atoms with van der Waals surface area (Å²) in [5.74, 6) is 0. The molecule has 2 rings (SSSR count). The van der Waals surface area contributed by atoms with Crippen LogP contribution < -0.4 is 10.5 Å². The molecule has 2 aromatic rings. The van der Waals surface area contributed by atoms with E-state index in [4.69, 9.17) is 5.14 Å². The van der Waals surface area contributed by atoms with E-state index in [-0.39, 0.29) is 17.0 Å². The predicted octanol–water partition coefficient (Wildman–Crippen LogP) is 1.54. The van der Waals surface area contributed by atoms with Crippen LogP contribution in [-0.4, -0.2) is 18.4 Å². The fourth-order valence-corrected chi connectivity index (χ4v) is 2.55. The maximum atomic E-state index is 11.2. The Morgan fingerprint density at radius 2 is 1.76 bits per heavy atom. The lowest BCUT2D eigenvalue weighted by Gasteiger charge is -2.20. The minimum absolute atomic E-state index is 0.0339. The molecule has 2 atom stereocenters. The summed E-state index contributed by atoms with van der Waals surface area (Å²) < 4.78 is 22.4. The molecule has 0 amide bonds. The molecule has 21 heavy (non-hydrogen) atoms. The number of aromatic nitrogens is 2. The van der Waals surface area contributed by atoms with Crippen molar-refractivity contribution in [2.45, 2.75) is 30.8 Å². The second-order valence-corrected chi connectivity index (χ2v) is 6.42. The summed E-state index contributed by atoms with van der Waals surface area (Å²) in [5.41, 5.74) is 1.82. The van der Waals surface area contributed by atoms with E-state index in [0.717, 1.165) is 11.3 Å². The van der Waals surface area contributed by atoms with Crippen molar-refractivity contribution in [3.05, 3.63) is 54.1 Å². The van der Waals surface area contributed by atoms with Gasteiger partial charge in [-0.25, -0.2) is 13.6 Å². The van der Waals surface area contributed by atoms with Gasteiger partial charge >= 0.3 is 0 Å². The topological polar surface area (TPSA) is 98.0 Å². The van der Waals surface area contributed by atoms with Crippen molar-refractivity contribution < 1.29 is 8.42 Å². The maximum Gasteiger partial charge on any atom is 0.238 e. The highest BCUT2D eigenvalue weighted by Gasteiger charge is 2.13. The first-order chi connectivity index (χ1) is 9.88. The monoisotopic (exact) mass is 306 g/mol. The standard InChI is InChI=1S/C14H18N4O2S/c1-10(18-11(2)14-9-16-7-8-17-14)12-3-5-13(6-4-12)21(15,19)20/h3-11,18H,1-2H3,(H2,15,19,20). The van der Waals surface area contributed by atoms with E-state index < -0.39 is 10.0 Å². The lowest BCUT2D eigenvalue weighted by molar-refractivity contribution is 0.485. The molecule has 1 aromatic carbocycles. The van der Waals surface area contributed by atoms with Crippen LogP contribution in [0.5, 0.6) is 0 Å². The van der Waals surface area contributed by atoms with Crippen molar-refractivity contribution >= 4 is 10.0 Å². The van der Waals surface area contributed by atoms with Crippen LogP contribution in [0.1, 0.15) is 37.2 Å². The van der Waals surface area contributed by atoms with Gasteiger partial charge in [0.25, 0.3) is 0 Å². The highest BCUT2D eigenvalue weighted by atomic mass is 32.2. The molecule has 2 unspecified atom stereocenters. The smallest absolute Gasteiger partial charge is 0.238 e. The summed E-state index contributed by atoms with van der Waals surface area (Å²) >= 11 is 0. The molecule has 112 valence electrons. The summed E-state index contributed by atoms with van der Waals surface area (Å²) in [6.07, 6.45) is 5.00. The summed E-state index contributed by atoms with van der Waals surface area (Å²) in [7, 11) is -3.65. The first-order valence-electron chi connectivity index (χ1n) is 6.52. The molecule has 0 saturated heterocycles. The first-order valence-corrected chi connectivity index (χ1v) is 8.07. The van der Waals surface area contributed by atoms with Crippen molar-refractivity contribution in [1.82, 2.24) is 15.3 Å². The lowest BCUT2D eigenvalue weighted by Crippen LogP contribution is -2.23. The van der Waals surface area contributed by atoms with Crippen LogP contribution in [0.2, 0.25) is 0 Å². The Kier molecular flexibility index (Phi) is 4.66. The summed E-state index contributed by atoms with van der Waals surface area (Å²) in [6.45, 7) is 4.00. The molecule has 0 saturated carbocycles. The van der Waals surface area contributed by atoms with Crippen molar-refractivity contribution in [3.63, 3.8) is 0 Å². The fraction of sp³-hybridized carbons (Fsp3) is 0.286. The van der Waals surface area contributed by atoms with Crippen LogP contribution in [0.25, 0.3) is 0 Å². The lowest BCUT2D eigenvalue weighted by atomic mass is 10.1. The second kappa shape index (κ2) is 6.30. The number of primary sulfonamides is 1. The summed E-state index contributed by atoms with van der Waals surface area (Å²) in [5, 5.41) is 8.47. The molecule has 0 radical (unpaired) electrons. The molecule has 0 aliphatic heterocycles. The average Bonchev–Trinajstić information content (AvgIpc) is 2.47. The van der Waals surface area contributed by atoms with Gasteiger partial charge in [0.05, 0.1) is 10.6 Å². The quantitative estimate of drug-likeness (QED) is 0.873.